The van der Waals surface area contributed by atoms with E-state index >= 15 is 0 Å². The summed E-state index contributed by atoms with van der Waals surface area (Å²) in [7, 11) is 1.61. The number of hydrogen-bond acceptors (Lipinski definition) is 4. The van der Waals surface area contributed by atoms with Gasteiger partial charge in [-0.3, -0.25) is 14.4 Å². The van der Waals surface area contributed by atoms with Crippen LogP contribution < -0.4 is 15.0 Å². The molecule has 1 aliphatic heterocycles. The maximum atomic E-state index is 12.6. The molecule has 2 rings (SSSR count). The maximum absolute atomic E-state index is 12.6. The predicted octanol–water partition coefficient (Wildman–Crippen LogP) is -0.526. The Kier molecular flexibility index (Phi) is 8.23. The van der Waals surface area contributed by atoms with E-state index < -0.39 is 0 Å². The Morgan fingerprint density at radius 1 is 1.20 bits per heavy atom. The highest BCUT2D eigenvalue weighted by Gasteiger charge is 2.27. The van der Waals surface area contributed by atoms with E-state index in [0.29, 0.717) is 25.4 Å². The zero-order valence-electron chi connectivity index (χ0n) is 18.8. The molecular formula is C22H35N4O4+. The number of amides is 3. The summed E-state index contributed by atoms with van der Waals surface area (Å²) >= 11 is 0. The molecule has 30 heavy (non-hydrogen) atoms. The lowest BCUT2D eigenvalue weighted by Crippen LogP contribution is -3.16. The summed E-state index contributed by atoms with van der Waals surface area (Å²) < 4.78 is 5.52. The lowest BCUT2D eigenvalue weighted by molar-refractivity contribution is -0.896. The zero-order valence-corrected chi connectivity index (χ0v) is 18.8. The van der Waals surface area contributed by atoms with Crippen molar-refractivity contribution in [3.05, 3.63) is 29.8 Å². The Morgan fingerprint density at radius 2 is 1.87 bits per heavy atom. The van der Waals surface area contributed by atoms with Gasteiger partial charge < -0.3 is 24.8 Å². The summed E-state index contributed by atoms with van der Waals surface area (Å²) in [6.07, 6.45) is 0. The molecule has 0 atom stereocenters. The highest BCUT2D eigenvalue weighted by Crippen LogP contribution is 2.12. The number of aryl methyl sites for hydroxylation is 1. The van der Waals surface area contributed by atoms with Crippen LogP contribution in [0.25, 0.3) is 0 Å². The Bertz CT molecular complexity index is 752. The normalized spacial score (nSPS) is 14.9. The molecule has 8 heteroatoms. The van der Waals surface area contributed by atoms with Gasteiger partial charge in [-0.05, 0) is 45.4 Å². The molecule has 0 bridgehead atoms. The Morgan fingerprint density at radius 3 is 2.47 bits per heavy atom. The number of hydrogen-bond donors (Lipinski definition) is 2. The first kappa shape index (κ1) is 23.7. The van der Waals surface area contributed by atoms with Gasteiger partial charge in [-0.25, -0.2) is 0 Å². The van der Waals surface area contributed by atoms with Crippen LogP contribution in [0, 0.1) is 6.92 Å². The van der Waals surface area contributed by atoms with Gasteiger partial charge in [0.2, 0.25) is 5.91 Å². The van der Waals surface area contributed by atoms with Gasteiger partial charge in [-0.1, -0.05) is 12.1 Å². The molecule has 0 unspecified atom stereocenters. The molecule has 0 radical (unpaired) electrons. The molecule has 2 N–H and O–H groups in total. The summed E-state index contributed by atoms with van der Waals surface area (Å²) in [6.45, 7) is 10.8. The molecule has 166 valence electrons. The van der Waals surface area contributed by atoms with E-state index in [4.69, 9.17) is 4.74 Å². The first-order chi connectivity index (χ1) is 14.0. The minimum atomic E-state index is -0.243. The van der Waals surface area contributed by atoms with Crippen molar-refractivity contribution in [2.75, 3.05) is 52.9 Å². The van der Waals surface area contributed by atoms with Gasteiger partial charge in [0, 0.05) is 12.6 Å². The third-order valence-electron chi connectivity index (χ3n) is 4.90. The predicted molar refractivity (Wildman–Crippen MR) is 114 cm³/mol. The van der Waals surface area contributed by atoms with Crippen molar-refractivity contribution in [2.24, 2.45) is 0 Å². The van der Waals surface area contributed by atoms with Crippen molar-refractivity contribution in [1.29, 1.82) is 0 Å². The summed E-state index contributed by atoms with van der Waals surface area (Å²) in [5.41, 5.74) is 0.815. The number of quaternary nitrogens is 1. The van der Waals surface area contributed by atoms with Crippen LogP contribution in [0.2, 0.25) is 0 Å². The van der Waals surface area contributed by atoms with E-state index in [1.165, 1.54) is 4.90 Å². The number of nitrogens with one attached hydrogen (secondary N) is 2. The van der Waals surface area contributed by atoms with Crippen molar-refractivity contribution in [3.8, 4) is 5.75 Å². The van der Waals surface area contributed by atoms with Gasteiger partial charge >= 0.3 is 0 Å². The standard InChI is InChI=1S/C22H34N4O4/c1-17-7-6-8-18(13-17)30-16-21(29)24(5)15-20(28)26-11-9-25(10-12-26)14-19(27)23-22(2,3)4/h6-8,13H,9-12,14-16H2,1-5H3,(H,23,27)/p+1. The highest BCUT2D eigenvalue weighted by atomic mass is 16.5. The summed E-state index contributed by atoms with van der Waals surface area (Å²) in [5, 5.41) is 2.97. The summed E-state index contributed by atoms with van der Waals surface area (Å²) in [6, 6.07) is 7.49. The van der Waals surface area contributed by atoms with Crippen LogP contribution in [0.15, 0.2) is 24.3 Å². The van der Waals surface area contributed by atoms with Gasteiger partial charge in [0.05, 0.1) is 32.7 Å². The van der Waals surface area contributed by atoms with Crippen LogP contribution in [-0.2, 0) is 14.4 Å². The van der Waals surface area contributed by atoms with E-state index in [2.05, 4.69) is 5.32 Å². The van der Waals surface area contributed by atoms with Crippen LogP contribution in [0.3, 0.4) is 0 Å². The van der Waals surface area contributed by atoms with Crippen LogP contribution in [0.1, 0.15) is 26.3 Å². The SMILES string of the molecule is Cc1cccc(OCC(=O)N(C)CC(=O)N2CC[NH+](CC(=O)NC(C)(C)C)CC2)c1. The number of carbonyl (C=O) groups is 3. The van der Waals surface area contributed by atoms with Crippen molar-refractivity contribution < 1.29 is 24.0 Å². The number of nitrogens with zero attached hydrogens (tertiary/aromatic N) is 2. The molecule has 8 nitrogen and oxygen atoms in total. The number of piperazine rings is 1. The van der Waals surface area contributed by atoms with E-state index in [-0.39, 0.29) is 36.4 Å². The van der Waals surface area contributed by atoms with Crippen molar-refractivity contribution in [2.45, 2.75) is 33.2 Å². The van der Waals surface area contributed by atoms with Gasteiger partial charge in [0.15, 0.2) is 13.2 Å². The number of likely N-dealkylation sites (N-methyl/N-ethyl adjacent to an activating group) is 1. The fraction of sp³-hybridized carbons (Fsp3) is 0.591. The average molecular weight is 420 g/mol. The smallest absolute Gasteiger partial charge is 0.275 e. The van der Waals surface area contributed by atoms with E-state index in [9.17, 15) is 14.4 Å². The van der Waals surface area contributed by atoms with Crippen molar-refractivity contribution in [3.63, 3.8) is 0 Å². The van der Waals surface area contributed by atoms with Crippen LogP contribution in [-0.4, -0.2) is 86.0 Å². The molecule has 1 fully saturated rings. The largest absolute Gasteiger partial charge is 0.484 e. The Labute approximate surface area is 179 Å². The Hall–Kier alpha value is -2.61. The van der Waals surface area contributed by atoms with Gasteiger partial charge in [-0.2, -0.15) is 0 Å². The second kappa shape index (κ2) is 10.4. The molecule has 3 amide bonds. The monoisotopic (exact) mass is 419 g/mol. The van der Waals surface area contributed by atoms with E-state index in [1.54, 1.807) is 18.0 Å². The minimum absolute atomic E-state index is 0.0237. The molecule has 1 aromatic carbocycles. The molecule has 0 aliphatic carbocycles. The van der Waals surface area contributed by atoms with Gasteiger partial charge in [-0.15, -0.1) is 0 Å². The van der Waals surface area contributed by atoms with Crippen molar-refractivity contribution in [1.82, 2.24) is 15.1 Å². The molecule has 1 aromatic rings. The third-order valence-corrected chi connectivity index (χ3v) is 4.90. The van der Waals surface area contributed by atoms with Gasteiger partial charge in [0.1, 0.15) is 5.75 Å². The molecule has 1 saturated heterocycles. The highest BCUT2D eigenvalue weighted by molar-refractivity contribution is 5.85. The van der Waals surface area contributed by atoms with E-state index in [1.807, 2.05) is 45.9 Å². The fourth-order valence-corrected chi connectivity index (χ4v) is 3.29. The van der Waals surface area contributed by atoms with E-state index in [0.717, 1.165) is 23.6 Å². The molecule has 0 aromatic heterocycles. The van der Waals surface area contributed by atoms with Crippen LogP contribution in [0.5, 0.6) is 5.75 Å². The lowest BCUT2D eigenvalue weighted by atomic mass is 10.1. The third kappa shape index (κ3) is 8.02. The maximum Gasteiger partial charge on any atom is 0.275 e. The molecule has 1 heterocycles. The lowest BCUT2D eigenvalue weighted by Gasteiger charge is -2.33. The molecular weight excluding hydrogens is 384 g/mol. The van der Waals surface area contributed by atoms with Crippen LogP contribution >= 0.6 is 0 Å². The van der Waals surface area contributed by atoms with Gasteiger partial charge in [0.25, 0.3) is 11.8 Å². The number of ether oxygens (including phenoxy) is 1. The number of rotatable bonds is 7. The minimum Gasteiger partial charge on any atom is -0.484 e. The van der Waals surface area contributed by atoms with Crippen molar-refractivity contribution >= 4 is 17.7 Å². The number of carbonyl (C=O) groups excluding carboxylic acids is 3. The molecule has 0 saturated carbocycles. The fourth-order valence-electron chi connectivity index (χ4n) is 3.29. The summed E-state index contributed by atoms with van der Waals surface area (Å²) in [4.78, 5) is 41.2. The second-order valence-corrected chi connectivity index (χ2v) is 8.96. The molecule has 1 aliphatic rings. The summed E-state index contributed by atoms with van der Waals surface area (Å²) in [5.74, 6) is 0.335. The molecule has 0 spiro atoms. The first-order valence-electron chi connectivity index (χ1n) is 10.4. The Balaban J connectivity index is 1.71. The zero-order chi connectivity index (χ0) is 22.3. The second-order valence-electron chi connectivity index (χ2n) is 8.96. The average Bonchev–Trinajstić information content (AvgIpc) is 2.65. The number of benzene rings is 1. The topological polar surface area (TPSA) is 83.4 Å². The first-order valence-corrected chi connectivity index (χ1v) is 10.4. The quantitative estimate of drug-likeness (QED) is 0.623. The van der Waals surface area contributed by atoms with Crippen LogP contribution in [0.4, 0.5) is 0 Å².